The van der Waals surface area contributed by atoms with Crippen molar-refractivity contribution in [3.8, 4) is 11.4 Å². The normalized spacial score (nSPS) is 10.8. The first-order chi connectivity index (χ1) is 9.15. The molecule has 0 spiro atoms. The first kappa shape index (κ1) is 11.3. The van der Waals surface area contributed by atoms with Gasteiger partial charge in [0.2, 0.25) is 5.95 Å². The Morgan fingerprint density at radius 1 is 1.05 bits per heavy atom. The fourth-order valence-corrected chi connectivity index (χ4v) is 2.00. The van der Waals surface area contributed by atoms with Gasteiger partial charge in [0.15, 0.2) is 0 Å². The molecule has 0 fully saturated rings. The van der Waals surface area contributed by atoms with Gasteiger partial charge in [0.1, 0.15) is 11.6 Å². The maximum atomic E-state index is 13.7. The van der Waals surface area contributed by atoms with Gasteiger partial charge in [-0.3, -0.25) is 4.98 Å². The first-order valence-corrected chi connectivity index (χ1v) is 5.56. The number of hydrogen-bond acceptors (Lipinski definition) is 4. The SMILES string of the molecule is Nc1nc(-c2ccc(F)c3ccccc23)[nH]c(=O)n1. The summed E-state index contributed by atoms with van der Waals surface area (Å²) in [5, 5.41) is 1.11. The van der Waals surface area contributed by atoms with Crippen LogP contribution in [0.15, 0.2) is 41.2 Å². The molecule has 0 amide bonds. The van der Waals surface area contributed by atoms with Gasteiger partial charge in [-0.1, -0.05) is 24.3 Å². The van der Waals surface area contributed by atoms with Crippen LogP contribution in [-0.2, 0) is 0 Å². The zero-order valence-electron chi connectivity index (χ0n) is 9.72. The molecule has 0 bridgehead atoms. The predicted molar refractivity (Wildman–Crippen MR) is 70.0 cm³/mol. The average molecular weight is 256 g/mol. The summed E-state index contributed by atoms with van der Waals surface area (Å²) in [5.41, 5.74) is 5.47. The van der Waals surface area contributed by atoms with Crippen molar-refractivity contribution < 1.29 is 4.39 Å². The van der Waals surface area contributed by atoms with E-state index in [1.54, 1.807) is 30.3 Å². The highest BCUT2D eigenvalue weighted by Gasteiger charge is 2.10. The van der Waals surface area contributed by atoms with Crippen LogP contribution in [0.1, 0.15) is 0 Å². The van der Waals surface area contributed by atoms with Gasteiger partial charge >= 0.3 is 5.69 Å². The molecule has 0 aliphatic carbocycles. The molecule has 3 rings (SSSR count). The minimum absolute atomic E-state index is 0.118. The Hall–Kier alpha value is -2.76. The van der Waals surface area contributed by atoms with E-state index in [1.807, 2.05) is 0 Å². The van der Waals surface area contributed by atoms with Crippen molar-refractivity contribution in [3.63, 3.8) is 0 Å². The summed E-state index contributed by atoms with van der Waals surface area (Å²) in [4.78, 5) is 21.2. The Kier molecular flexibility index (Phi) is 2.49. The van der Waals surface area contributed by atoms with Crippen LogP contribution in [-0.4, -0.2) is 15.0 Å². The van der Waals surface area contributed by atoms with Gasteiger partial charge in [0, 0.05) is 10.9 Å². The van der Waals surface area contributed by atoms with Gasteiger partial charge in [-0.25, -0.2) is 9.18 Å². The lowest BCUT2D eigenvalue weighted by Gasteiger charge is -2.06. The largest absolute Gasteiger partial charge is 0.368 e. The molecule has 6 heteroatoms. The Labute approximate surface area is 106 Å². The Balaban J connectivity index is 2.37. The van der Waals surface area contributed by atoms with Crippen LogP contribution in [0.25, 0.3) is 22.2 Å². The topological polar surface area (TPSA) is 84.7 Å². The molecule has 2 aromatic carbocycles. The number of benzene rings is 2. The second-order valence-electron chi connectivity index (χ2n) is 4.00. The number of H-pyrrole nitrogens is 1. The van der Waals surface area contributed by atoms with Gasteiger partial charge in [0.05, 0.1) is 0 Å². The van der Waals surface area contributed by atoms with Crippen LogP contribution >= 0.6 is 0 Å². The summed E-state index contributed by atoms with van der Waals surface area (Å²) >= 11 is 0. The van der Waals surface area contributed by atoms with Crippen molar-refractivity contribution in [3.05, 3.63) is 52.7 Å². The molecule has 0 aliphatic rings. The molecule has 0 unspecified atom stereocenters. The van der Waals surface area contributed by atoms with Gasteiger partial charge < -0.3 is 5.73 Å². The summed E-state index contributed by atoms with van der Waals surface area (Å²) in [6, 6.07) is 9.82. The lowest BCUT2D eigenvalue weighted by molar-refractivity contribution is 0.640. The predicted octanol–water partition coefficient (Wildman–Crippen LogP) is 1.71. The van der Waals surface area contributed by atoms with Crippen molar-refractivity contribution in [2.24, 2.45) is 0 Å². The number of rotatable bonds is 1. The van der Waals surface area contributed by atoms with Crippen LogP contribution < -0.4 is 11.4 Å². The smallest absolute Gasteiger partial charge is 0.349 e. The van der Waals surface area contributed by atoms with Gasteiger partial charge in [0.25, 0.3) is 0 Å². The van der Waals surface area contributed by atoms with Crippen LogP contribution in [0.5, 0.6) is 0 Å². The molecule has 19 heavy (non-hydrogen) atoms. The summed E-state index contributed by atoms with van der Waals surface area (Å²) in [6.45, 7) is 0. The molecular weight excluding hydrogens is 247 g/mol. The Morgan fingerprint density at radius 3 is 2.53 bits per heavy atom. The summed E-state index contributed by atoms with van der Waals surface area (Å²) in [6.07, 6.45) is 0. The van der Waals surface area contributed by atoms with E-state index >= 15 is 0 Å². The quantitative estimate of drug-likeness (QED) is 0.694. The average Bonchev–Trinajstić information content (AvgIpc) is 2.38. The van der Waals surface area contributed by atoms with Crippen molar-refractivity contribution in [1.29, 1.82) is 0 Å². The van der Waals surface area contributed by atoms with Gasteiger partial charge in [-0.05, 0) is 17.5 Å². The Bertz CT molecular complexity index is 828. The number of aromatic amines is 1. The number of fused-ring (bicyclic) bond motifs is 1. The number of hydrogen-bond donors (Lipinski definition) is 2. The lowest BCUT2D eigenvalue weighted by Crippen LogP contribution is -2.15. The van der Waals surface area contributed by atoms with Gasteiger partial charge in [-0.15, -0.1) is 0 Å². The van der Waals surface area contributed by atoms with Gasteiger partial charge in [-0.2, -0.15) is 9.97 Å². The molecule has 0 atom stereocenters. The van der Waals surface area contributed by atoms with Crippen LogP contribution in [0, 0.1) is 5.82 Å². The summed E-state index contributed by atoms with van der Waals surface area (Å²) in [7, 11) is 0. The lowest BCUT2D eigenvalue weighted by atomic mass is 10.0. The van der Waals surface area contributed by atoms with Crippen molar-refractivity contribution in [2.45, 2.75) is 0 Å². The third-order valence-electron chi connectivity index (χ3n) is 2.79. The van der Waals surface area contributed by atoms with E-state index in [4.69, 9.17) is 5.73 Å². The van der Waals surface area contributed by atoms with Crippen LogP contribution in [0.3, 0.4) is 0 Å². The van der Waals surface area contributed by atoms with E-state index in [9.17, 15) is 9.18 Å². The number of nitrogens with one attached hydrogen (secondary N) is 1. The van der Waals surface area contributed by atoms with E-state index < -0.39 is 5.69 Å². The highest BCUT2D eigenvalue weighted by molar-refractivity contribution is 5.95. The molecule has 5 nitrogen and oxygen atoms in total. The number of aromatic nitrogens is 3. The minimum atomic E-state index is -0.587. The number of nitrogens with zero attached hydrogens (tertiary/aromatic N) is 2. The van der Waals surface area contributed by atoms with Crippen LogP contribution in [0.2, 0.25) is 0 Å². The fraction of sp³-hybridized carbons (Fsp3) is 0. The molecule has 0 aliphatic heterocycles. The zero-order chi connectivity index (χ0) is 13.4. The maximum Gasteiger partial charge on any atom is 0.349 e. The third kappa shape index (κ3) is 1.93. The number of halogens is 1. The van der Waals surface area contributed by atoms with Crippen molar-refractivity contribution in [2.75, 3.05) is 5.73 Å². The van der Waals surface area contributed by atoms with Crippen LogP contribution in [0.4, 0.5) is 10.3 Å². The fourth-order valence-electron chi connectivity index (χ4n) is 2.00. The molecule has 0 saturated carbocycles. The molecule has 3 N–H and O–H groups in total. The van der Waals surface area contributed by atoms with E-state index in [0.29, 0.717) is 16.3 Å². The van der Waals surface area contributed by atoms with Crippen molar-refractivity contribution >= 4 is 16.7 Å². The third-order valence-corrected chi connectivity index (χ3v) is 2.79. The maximum absolute atomic E-state index is 13.7. The molecule has 1 aromatic heterocycles. The summed E-state index contributed by atoms with van der Waals surface area (Å²) in [5.74, 6) is -0.176. The van der Waals surface area contributed by atoms with Crippen molar-refractivity contribution in [1.82, 2.24) is 15.0 Å². The standard InChI is InChI=1S/C13H9FN4O/c14-10-6-5-9(7-3-1-2-4-8(7)10)11-16-12(15)18-13(19)17-11/h1-6H,(H3,15,16,17,18,19). The zero-order valence-corrected chi connectivity index (χ0v) is 9.72. The highest BCUT2D eigenvalue weighted by atomic mass is 19.1. The molecule has 3 aromatic rings. The first-order valence-electron chi connectivity index (χ1n) is 5.56. The minimum Gasteiger partial charge on any atom is -0.368 e. The second-order valence-corrected chi connectivity index (χ2v) is 4.00. The molecule has 0 radical (unpaired) electrons. The molecular formula is C13H9FN4O. The molecule has 0 saturated heterocycles. The summed E-state index contributed by atoms with van der Waals surface area (Å²) < 4.78 is 13.7. The van der Waals surface area contributed by atoms with E-state index in [1.165, 1.54) is 6.07 Å². The number of nitrogens with two attached hydrogens (primary N) is 1. The molecule has 1 heterocycles. The van der Waals surface area contributed by atoms with E-state index in [-0.39, 0.29) is 17.6 Å². The number of nitrogen functional groups attached to an aromatic ring is 1. The van der Waals surface area contributed by atoms with E-state index in [0.717, 1.165) is 0 Å². The monoisotopic (exact) mass is 256 g/mol. The second kappa shape index (κ2) is 4.16. The highest BCUT2D eigenvalue weighted by Crippen LogP contribution is 2.27. The Morgan fingerprint density at radius 2 is 1.79 bits per heavy atom. The van der Waals surface area contributed by atoms with E-state index in [2.05, 4.69) is 15.0 Å². The number of anilines is 1. The molecule has 94 valence electrons.